The number of nitrogens with zero attached hydrogens (tertiary/aromatic N) is 1. The molecule has 0 aliphatic carbocycles. The maximum Gasteiger partial charge on any atom is 0.412 e. The zero-order valence-corrected chi connectivity index (χ0v) is 17.2. The molecule has 0 aliphatic rings. The molecule has 0 radical (unpaired) electrons. The largest absolute Gasteiger partial charge is 0.449 e. The van der Waals surface area contributed by atoms with Gasteiger partial charge in [-0.2, -0.15) is 5.26 Å². The zero-order chi connectivity index (χ0) is 22.3. The SMILES string of the molecule is C[C@H](OC(=O)c1ccc(NC(=O)OC(C)(C)C)cc1)C(=O)Nc1ccc(C#N)cc1. The van der Waals surface area contributed by atoms with Gasteiger partial charge in [0.05, 0.1) is 17.2 Å². The van der Waals surface area contributed by atoms with Crippen LogP contribution in [0.5, 0.6) is 0 Å². The molecule has 0 aromatic heterocycles. The quantitative estimate of drug-likeness (QED) is 0.718. The lowest BCUT2D eigenvalue weighted by atomic mass is 10.2. The fraction of sp³-hybridized carbons (Fsp3) is 0.273. The number of esters is 1. The van der Waals surface area contributed by atoms with Gasteiger partial charge in [0.2, 0.25) is 0 Å². The molecule has 2 rings (SSSR count). The molecule has 0 aliphatic heterocycles. The summed E-state index contributed by atoms with van der Waals surface area (Å²) in [7, 11) is 0. The Morgan fingerprint density at radius 1 is 0.933 bits per heavy atom. The summed E-state index contributed by atoms with van der Waals surface area (Å²) >= 11 is 0. The first-order chi connectivity index (χ1) is 14.1. The number of hydrogen-bond acceptors (Lipinski definition) is 6. The van der Waals surface area contributed by atoms with Gasteiger partial charge in [0, 0.05) is 11.4 Å². The van der Waals surface area contributed by atoms with E-state index in [4.69, 9.17) is 14.7 Å². The Balaban J connectivity index is 1.90. The van der Waals surface area contributed by atoms with Gasteiger partial charge in [0.25, 0.3) is 5.91 Å². The van der Waals surface area contributed by atoms with Crippen LogP contribution in [-0.4, -0.2) is 29.7 Å². The Morgan fingerprint density at radius 2 is 1.47 bits per heavy atom. The molecule has 0 unspecified atom stereocenters. The zero-order valence-electron chi connectivity index (χ0n) is 17.2. The van der Waals surface area contributed by atoms with Crippen molar-refractivity contribution in [2.24, 2.45) is 0 Å². The molecule has 0 spiro atoms. The number of anilines is 2. The van der Waals surface area contributed by atoms with E-state index in [0.29, 0.717) is 16.9 Å². The van der Waals surface area contributed by atoms with E-state index in [9.17, 15) is 14.4 Å². The van der Waals surface area contributed by atoms with Gasteiger partial charge in [0.15, 0.2) is 6.10 Å². The second kappa shape index (κ2) is 9.56. The van der Waals surface area contributed by atoms with Crippen molar-refractivity contribution in [1.82, 2.24) is 0 Å². The number of nitriles is 1. The minimum atomic E-state index is -1.03. The van der Waals surface area contributed by atoms with Gasteiger partial charge in [0.1, 0.15) is 5.60 Å². The molecular weight excluding hydrogens is 386 g/mol. The number of ether oxygens (including phenoxy) is 2. The van der Waals surface area contributed by atoms with Crippen LogP contribution in [0.4, 0.5) is 16.2 Å². The molecule has 0 heterocycles. The van der Waals surface area contributed by atoms with Crippen LogP contribution < -0.4 is 10.6 Å². The molecule has 2 N–H and O–H groups in total. The van der Waals surface area contributed by atoms with Crippen molar-refractivity contribution in [1.29, 1.82) is 5.26 Å². The van der Waals surface area contributed by atoms with Crippen LogP contribution in [-0.2, 0) is 14.3 Å². The Bertz CT molecular complexity index is 954. The van der Waals surface area contributed by atoms with Crippen LogP contribution in [0.3, 0.4) is 0 Å². The highest BCUT2D eigenvalue weighted by molar-refractivity contribution is 5.97. The topological polar surface area (TPSA) is 118 Å². The Morgan fingerprint density at radius 3 is 2.00 bits per heavy atom. The van der Waals surface area contributed by atoms with Crippen molar-refractivity contribution in [3.05, 3.63) is 59.7 Å². The third-order valence-corrected chi connectivity index (χ3v) is 3.70. The van der Waals surface area contributed by atoms with Gasteiger partial charge in [-0.25, -0.2) is 9.59 Å². The number of carbonyl (C=O) groups excluding carboxylic acids is 3. The number of hydrogen-bond donors (Lipinski definition) is 2. The smallest absolute Gasteiger partial charge is 0.412 e. The number of rotatable bonds is 5. The van der Waals surface area contributed by atoms with Crippen LogP contribution in [0.1, 0.15) is 43.6 Å². The van der Waals surface area contributed by atoms with Crippen LogP contribution in [0.2, 0.25) is 0 Å². The molecule has 2 aromatic carbocycles. The lowest BCUT2D eigenvalue weighted by molar-refractivity contribution is -0.123. The molecule has 0 saturated carbocycles. The molecule has 0 saturated heterocycles. The highest BCUT2D eigenvalue weighted by Gasteiger charge is 2.20. The number of nitrogens with one attached hydrogen (secondary N) is 2. The molecule has 156 valence electrons. The fourth-order valence-electron chi connectivity index (χ4n) is 2.27. The average molecular weight is 409 g/mol. The third-order valence-electron chi connectivity index (χ3n) is 3.70. The van der Waals surface area contributed by atoms with E-state index in [1.54, 1.807) is 45.0 Å². The standard InChI is InChI=1S/C22H23N3O5/c1-14(19(26)24-17-9-5-15(13-23)6-10-17)29-20(27)16-7-11-18(12-8-16)25-21(28)30-22(2,3)4/h5-12,14H,1-4H3,(H,24,26)(H,25,28)/t14-/m0/s1. The van der Waals surface area contributed by atoms with Crippen molar-refractivity contribution in [2.75, 3.05) is 10.6 Å². The van der Waals surface area contributed by atoms with Gasteiger partial charge in [-0.15, -0.1) is 0 Å². The van der Waals surface area contributed by atoms with Crippen LogP contribution in [0, 0.1) is 11.3 Å². The van der Waals surface area contributed by atoms with Crippen LogP contribution in [0.25, 0.3) is 0 Å². The van der Waals surface area contributed by atoms with Gasteiger partial charge >= 0.3 is 12.1 Å². The van der Waals surface area contributed by atoms with E-state index in [-0.39, 0.29) is 5.56 Å². The minimum Gasteiger partial charge on any atom is -0.449 e. The maximum absolute atomic E-state index is 12.3. The number of amides is 2. The average Bonchev–Trinajstić information content (AvgIpc) is 2.67. The van der Waals surface area contributed by atoms with Gasteiger partial charge in [-0.1, -0.05) is 0 Å². The third kappa shape index (κ3) is 6.95. The summed E-state index contributed by atoms with van der Waals surface area (Å²) in [5.41, 5.74) is 1.01. The summed E-state index contributed by atoms with van der Waals surface area (Å²) in [6.45, 7) is 6.72. The first-order valence-corrected chi connectivity index (χ1v) is 9.19. The lowest BCUT2D eigenvalue weighted by Gasteiger charge is -2.19. The van der Waals surface area contributed by atoms with Crippen LogP contribution in [0.15, 0.2) is 48.5 Å². The molecule has 1 atom stereocenters. The number of benzene rings is 2. The molecule has 30 heavy (non-hydrogen) atoms. The predicted octanol–water partition coefficient (Wildman–Crippen LogP) is 4.09. The minimum absolute atomic E-state index is 0.225. The summed E-state index contributed by atoms with van der Waals surface area (Å²) in [5, 5.41) is 14.0. The second-order valence-electron chi connectivity index (χ2n) is 7.43. The molecule has 0 bridgehead atoms. The van der Waals surface area contributed by atoms with Crippen molar-refractivity contribution >= 4 is 29.3 Å². The summed E-state index contributed by atoms with van der Waals surface area (Å²) in [5.74, 6) is -1.18. The van der Waals surface area contributed by atoms with Crippen molar-refractivity contribution in [3.63, 3.8) is 0 Å². The molecule has 2 amide bonds. The van der Waals surface area contributed by atoms with Gasteiger partial charge in [-0.05, 0) is 76.2 Å². The molecule has 8 nitrogen and oxygen atoms in total. The second-order valence-corrected chi connectivity index (χ2v) is 7.43. The van der Waals surface area contributed by atoms with E-state index < -0.39 is 29.7 Å². The first-order valence-electron chi connectivity index (χ1n) is 9.19. The summed E-state index contributed by atoms with van der Waals surface area (Å²) in [6, 6.07) is 14.3. The highest BCUT2D eigenvalue weighted by Crippen LogP contribution is 2.15. The van der Waals surface area contributed by atoms with Crippen molar-refractivity contribution in [2.45, 2.75) is 39.4 Å². The van der Waals surface area contributed by atoms with E-state index in [0.717, 1.165) is 0 Å². The van der Waals surface area contributed by atoms with Crippen molar-refractivity contribution < 1.29 is 23.9 Å². The predicted molar refractivity (Wildman–Crippen MR) is 111 cm³/mol. The summed E-state index contributed by atoms with van der Waals surface area (Å²) < 4.78 is 10.3. The number of carbonyl (C=O) groups is 3. The Kier molecular flexibility index (Phi) is 7.15. The summed E-state index contributed by atoms with van der Waals surface area (Å²) in [4.78, 5) is 36.2. The van der Waals surface area contributed by atoms with Gasteiger partial charge < -0.3 is 14.8 Å². The Hall–Kier alpha value is -3.86. The normalized spacial score (nSPS) is 11.6. The van der Waals surface area contributed by atoms with Gasteiger partial charge in [-0.3, -0.25) is 10.1 Å². The summed E-state index contributed by atoms with van der Waals surface area (Å²) in [6.07, 6.45) is -1.64. The van der Waals surface area contributed by atoms with E-state index >= 15 is 0 Å². The molecule has 2 aromatic rings. The highest BCUT2D eigenvalue weighted by atomic mass is 16.6. The van der Waals surface area contributed by atoms with E-state index in [1.165, 1.54) is 31.2 Å². The van der Waals surface area contributed by atoms with Crippen molar-refractivity contribution in [3.8, 4) is 6.07 Å². The monoisotopic (exact) mass is 409 g/mol. The molecule has 8 heteroatoms. The first kappa shape index (κ1) is 22.4. The van der Waals surface area contributed by atoms with E-state index in [1.807, 2.05) is 6.07 Å². The lowest BCUT2D eigenvalue weighted by Crippen LogP contribution is -2.30. The fourth-order valence-corrected chi connectivity index (χ4v) is 2.27. The molecular formula is C22H23N3O5. The maximum atomic E-state index is 12.3. The Labute approximate surface area is 174 Å². The van der Waals surface area contributed by atoms with Crippen LogP contribution >= 0.6 is 0 Å². The van der Waals surface area contributed by atoms with E-state index in [2.05, 4.69) is 10.6 Å². The molecule has 0 fully saturated rings.